The Bertz CT molecular complexity index is 1750. The Morgan fingerprint density at radius 2 is 1.79 bits per heavy atom. The molecule has 47 heavy (non-hydrogen) atoms. The van der Waals surface area contributed by atoms with Crippen LogP contribution in [0.4, 0.5) is 18.9 Å². The van der Waals surface area contributed by atoms with E-state index in [1.807, 2.05) is 61.4 Å². The smallest absolute Gasteiger partial charge is 0.389 e. The molecule has 2 heterocycles. The zero-order valence-electron chi connectivity index (χ0n) is 28.7. The van der Waals surface area contributed by atoms with Crippen LogP contribution in [0.5, 0.6) is 0 Å². The van der Waals surface area contributed by atoms with Crippen LogP contribution in [0.25, 0.3) is 6.08 Å². The number of hydrogen-bond acceptors (Lipinski definition) is 4. The predicted octanol–water partition coefficient (Wildman–Crippen LogP) is 11.7. The van der Waals surface area contributed by atoms with Crippen molar-refractivity contribution in [3.63, 3.8) is 0 Å². The minimum atomic E-state index is -4.53. The van der Waals surface area contributed by atoms with E-state index >= 15 is 0 Å². The Morgan fingerprint density at radius 3 is 2.36 bits per heavy atom. The Morgan fingerprint density at radius 1 is 1.09 bits per heavy atom. The number of aliphatic hydroxyl groups excluding tert-OH is 1. The average molecular weight is 664 g/mol. The van der Waals surface area contributed by atoms with Crippen molar-refractivity contribution < 1.29 is 18.3 Å². The van der Waals surface area contributed by atoms with Gasteiger partial charge >= 0.3 is 6.18 Å². The molecule has 8 heteroatoms. The second kappa shape index (κ2) is 14.6. The van der Waals surface area contributed by atoms with E-state index in [0.717, 1.165) is 57.4 Å². The summed E-state index contributed by atoms with van der Waals surface area (Å²) in [6.45, 7) is 17.4. The van der Waals surface area contributed by atoms with E-state index in [1.165, 1.54) is 0 Å². The monoisotopic (exact) mass is 663 g/mol. The third-order valence-corrected chi connectivity index (χ3v) is 9.36. The van der Waals surface area contributed by atoms with Gasteiger partial charge in [0.1, 0.15) is 5.57 Å². The lowest BCUT2D eigenvalue weighted by atomic mass is 9.83. The third kappa shape index (κ3) is 8.09. The summed E-state index contributed by atoms with van der Waals surface area (Å²) in [4.78, 5) is 11.9. The van der Waals surface area contributed by atoms with Crippen LogP contribution < -0.4 is 0 Å². The van der Waals surface area contributed by atoms with E-state index < -0.39 is 23.8 Å². The molecule has 3 unspecified atom stereocenters. The van der Waals surface area contributed by atoms with Crippen molar-refractivity contribution in [2.45, 2.75) is 99.3 Å². The van der Waals surface area contributed by atoms with Crippen LogP contribution >= 0.6 is 11.6 Å². The molecule has 2 aliphatic rings. The van der Waals surface area contributed by atoms with E-state index in [2.05, 4.69) is 39.5 Å². The van der Waals surface area contributed by atoms with Crippen molar-refractivity contribution in [1.29, 1.82) is 0 Å². The number of allylic oxidation sites excluding steroid dienone is 7. The standard InChI is InChI=1S/C39H45ClF3N3O/c1-10-11-29-13-14-32(20-35(29)40)45-36-15-12-23(4)16-34(30-19-33(28(9)47)37(44-21-30)26(7)22(2)3)38(27(36)8)46-24(5)17-31(18-25(46)6)39(41,42)43/h10-11,13-14,16-17,19-22,26,28,34,47H,12,15H2,1-9H3. The summed E-state index contributed by atoms with van der Waals surface area (Å²) >= 11 is 6.59. The quantitative estimate of drug-likeness (QED) is 0.237. The number of rotatable bonds is 7. The fraction of sp³-hybridized carbons (Fsp3) is 0.410. The summed E-state index contributed by atoms with van der Waals surface area (Å²) in [5, 5.41) is 11.5. The van der Waals surface area contributed by atoms with Gasteiger partial charge in [-0.25, -0.2) is 0 Å². The molecule has 0 amide bonds. The second-order valence-corrected chi connectivity index (χ2v) is 13.4. The summed E-state index contributed by atoms with van der Waals surface area (Å²) < 4.78 is 41.6. The van der Waals surface area contributed by atoms with Gasteiger partial charge in [0.05, 0.1) is 17.5 Å². The summed E-state index contributed by atoms with van der Waals surface area (Å²) in [6, 6.07) is 7.68. The van der Waals surface area contributed by atoms with E-state index in [-0.39, 0.29) is 5.92 Å². The molecule has 1 N–H and O–H groups in total. The van der Waals surface area contributed by atoms with Crippen LogP contribution in [0, 0.1) is 5.92 Å². The first kappa shape index (κ1) is 36.2. The number of hydrogen-bond donors (Lipinski definition) is 1. The molecule has 0 radical (unpaired) electrons. The zero-order chi connectivity index (χ0) is 34.8. The van der Waals surface area contributed by atoms with Crippen molar-refractivity contribution in [1.82, 2.24) is 9.88 Å². The highest BCUT2D eigenvalue weighted by Crippen LogP contribution is 2.43. The lowest BCUT2D eigenvalue weighted by Crippen LogP contribution is -2.29. The van der Waals surface area contributed by atoms with Gasteiger partial charge in [0.25, 0.3) is 0 Å². The predicted molar refractivity (Wildman–Crippen MR) is 188 cm³/mol. The lowest BCUT2D eigenvalue weighted by molar-refractivity contribution is -0.0884. The van der Waals surface area contributed by atoms with Crippen LogP contribution in [-0.2, 0) is 0 Å². The Labute approximate surface area is 282 Å². The van der Waals surface area contributed by atoms with Gasteiger partial charge in [-0.3, -0.25) is 9.98 Å². The van der Waals surface area contributed by atoms with Crippen molar-refractivity contribution in [3.8, 4) is 0 Å². The van der Waals surface area contributed by atoms with Gasteiger partial charge < -0.3 is 10.0 Å². The fourth-order valence-corrected chi connectivity index (χ4v) is 6.38. The van der Waals surface area contributed by atoms with E-state index in [1.54, 1.807) is 20.8 Å². The highest BCUT2D eigenvalue weighted by Gasteiger charge is 2.37. The van der Waals surface area contributed by atoms with Crippen molar-refractivity contribution in [2.75, 3.05) is 0 Å². The topological polar surface area (TPSA) is 48.7 Å². The third-order valence-electron chi connectivity index (χ3n) is 9.03. The highest BCUT2D eigenvalue weighted by molar-refractivity contribution is 6.32. The maximum Gasteiger partial charge on any atom is 0.423 e. The lowest BCUT2D eigenvalue weighted by Gasteiger charge is -2.37. The summed E-state index contributed by atoms with van der Waals surface area (Å²) in [7, 11) is 0. The zero-order valence-corrected chi connectivity index (χ0v) is 29.5. The van der Waals surface area contributed by atoms with Gasteiger partial charge in [-0.1, -0.05) is 68.0 Å². The van der Waals surface area contributed by atoms with Gasteiger partial charge in [0, 0.05) is 51.4 Å². The summed E-state index contributed by atoms with van der Waals surface area (Å²) in [5.41, 5.74) is 10.1. The molecule has 250 valence electrons. The number of alkyl halides is 3. The molecule has 0 saturated heterocycles. The Balaban J connectivity index is 2.03. The summed E-state index contributed by atoms with van der Waals surface area (Å²) in [5.74, 6) is 0.0326. The first-order valence-corrected chi connectivity index (χ1v) is 16.5. The number of halogens is 4. The normalized spacial score (nSPS) is 20.2. The van der Waals surface area contributed by atoms with Crippen LogP contribution in [0.1, 0.15) is 115 Å². The van der Waals surface area contributed by atoms with Gasteiger partial charge in [-0.2, -0.15) is 13.2 Å². The van der Waals surface area contributed by atoms with E-state index in [0.29, 0.717) is 34.4 Å². The average Bonchev–Trinajstić information content (AvgIpc) is 2.99. The molecule has 0 bridgehead atoms. The molecular weight excluding hydrogens is 619 g/mol. The van der Waals surface area contributed by atoms with Gasteiger partial charge in [0.15, 0.2) is 0 Å². The Kier molecular flexibility index (Phi) is 11.3. The molecule has 0 saturated carbocycles. The van der Waals surface area contributed by atoms with Gasteiger partial charge in [-0.05, 0) is 101 Å². The molecule has 1 aliphatic heterocycles. The van der Waals surface area contributed by atoms with Crippen molar-refractivity contribution in [3.05, 3.63) is 116 Å². The minimum absolute atomic E-state index is 0.119. The number of benzene rings is 1. The number of pyridine rings is 1. The number of aliphatic hydroxyl groups is 1. The van der Waals surface area contributed by atoms with E-state index in [4.69, 9.17) is 21.6 Å². The first-order chi connectivity index (χ1) is 22.0. The molecule has 4 nitrogen and oxygen atoms in total. The van der Waals surface area contributed by atoms with E-state index in [9.17, 15) is 18.3 Å². The van der Waals surface area contributed by atoms with Gasteiger partial charge in [-0.15, -0.1) is 0 Å². The maximum absolute atomic E-state index is 13.9. The highest BCUT2D eigenvalue weighted by atomic mass is 35.5. The molecule has 1 aromatic carbocycles. The number of aromatic nitrogens is 1. The number of aliphatic imine (C=N–C) groups is 1. The molecule has 0 spiro atoms. The largest absolute Gasteiger partial charge is 0.423 e. The minimum Gasteiger partial charge on any atom is -0.389 e. The Hall–Kier alpha value is -3.64. The molecule has 2 aromatic rings. The van der Waals surface area contributed by atoms with Crippen molar-refractivity contribution in [2.24, 2.45) is 10.9 Å². The van der Waals surface area contributed by atoms with Crippen molar-refractivity contribution >= 4 is 29.1 Å². The SMILES string of the molecule is CC=Cc1ccc(N=C2CCC(C)=CC(c3cnc(C(C)C(C)C)c(C(C)O)c3)C(N3C(C)=C=C(C(F)(F)F)C=C3C)=C2C)cc1Cl. The van der Waals surface area contributed by atoms with Crippen LogP contribution in [0.15, 0.2) is 93.2 Å². The molecule has 3 atom stereocenters. The fourth-order valence-electron chi connectivity index (χ4n) is 6.15. The molecule has 1 aromatic heterocycles. The second-order valence-electron chi connectivity index (χ2n) is 13.0. The van der Waals surface area contributed by atoms with Crippen LogP contribution in [0.2, 0.25) is 5.02 Å². The van der Waals surface area contributed by atoms with Crippen LogP contribution in [-0.4, -0.2) is 26.9 Å². The molecule has 1 aliphatic carbocycles. The summed E-state index contributed by atoms with van der Waals surface area (Å²) in [6.07, 6.45) is 5.09. The maximum atomic E-state index is 13.9. The molecule has 0 fully saturated rings. The number of nitrogens with zero attached hydrogens (tertiary/aromatic N) is 3. The van der Waals surface area contributed by atoms with Crippen LogP contribution in [0.3, 0.4) is 0 Å². The van der Waals surface area contributed by atoms with Gasteiger partial charge in [0.2, 0.25) is 0 Å². The molecular formula is C39H45ClF3N3O. The molecule has 4 rings (SSSR count). The first-order valence-electron chi connectivity index (χ1n) is 16.1.